The van der Waals surface area contributed by atoms with Crippen LogP contribution in [0, 0.1) is 11.8 Å². The number of hydrogen-bond acceptors (Lipinski definition) is 4. The van der Waals surface area contributed by atoms with Gasteiger partial charge in [0, 0.05) is 45.6 Å². The molecule has 2 saturated heterocycles. The third-order valence-corrected chi connectivity index (χ3v) is 6.50. The Balaban J connectivity index is 1.33. The standard InChI is InChI=1S/C23H25N3O3/c1-16(27)26-14-18-13-24(15-19(18)22(26)17-7-3-2-4-8-17)11-12-25-20-9-5-6-10-21(20)29-23(25)28/h2-10,18-19,22H,11-15H2,1H3/t18-,19-,22-/m1/s1. The van der Waals surface area contributed by atoms with E-state index >= 15 is 0 Å². The number of para-hydroxylation sites is 2. The molecule has 2 fully saturated rings. The van der Waals surface area contributed by atoms with Gasteiger partial charge in [0.15, 0.2) is 5.58 Å². The summed E-state index contributed by atoms with van der Waals surface area (Å²) in [4.78, 5) is 28.9. The molecule has 2 aromatic carbocycles. The molecule has 6 heteroatoms. The predicted molar refractivity (Wildman–Crippen MR) is 110 cm³/mol. The molecule has 0 saturated carbocycles. The topological polar surface area (TPSA) is 58.7 Å². The van der Waals surface area contributed by atoms with Crippen molar-refractivity contribution >= 4 is 17.0 Å². The summed E-state index contributed by atoms with van der Waals surface area (Å²) in [5, 5.41) is 0. The van der Waals surface area contributed by atoms with E-state index < -0.39 is 0 Å². The van der Waals surface area contributed by atoms with Crippen LogP contribution in [0.5, 0.6) is 0 Å². The van der Waals surface area contributed by atoms with E-state index in [9.17, 15) is 9.59 Å². The summed E-state index contributed by atoms with van der Waals surface area (Å²) in [7, 11) is 0. The zero-order valence-corrected chi connectivity index (χ0v) is 16.5. The van der Waals surface area contributed by atoms with Crippen molar-refractivity contribution in [1.82, 2.24) is 14.4 Å². The van der Waals surface area contributed by atoms with Crippen LogP contribution in [0.4, 0.5) is 0 Å². The van der Waals surface area contributed by atoms with Gasteiger partial charge < -0.3 is 14.2 Å². The van der Waals surface area contributed by atoms with Crippen molar-refractivity contribution in [2.24, 2.45) is 11.8 Å². The minimum absolute atomic E-state index is 0.140. The smallest absolute Gasteiger partial charge is 0.408 e. The fourth-order valence-electron chi connectivity index (χ4n) is 5.19. The first kappa shape index (κ1) is 18.2. The van der Waals surface area contributed by atoms with E-state index in [0.29, 0.717) is 24.0 Å². The van der Waals surface area contributed by atoms with E-state index in [1.807, 2.05) is 47.4 Å². The second-order valence-corrected chi connectivity index (χ2v) is 8.20. The number of carbonyl (C=O) groups excluding carboxylic acids is 1. The van der Waals surface area contributed by atoms with E-state index in [0.717, 1.165) is 31.7 Å². The highest BCUT2D eigenvalue weighted by atomic mass is 16.4. The normalized spacial score (nSPS) is 24.3. The lowest BCUT2D eigenvalue weighted by Crippen LogP contribution is -2.35. The van der Waals surface area contributed by atoms with Crippen LogP contribution in [-0.2, 0) is 11.3 Å². The van der Waals surface area contributed by atoms with Gasteiger partial charge in [0.1, 0.15) is 0 Å². The van der Waals surface area contributed by atoms with Gasteiger partial charge in [-0.1, -0.05) is 42.5 Å². The maximum Gasteiger partial charge on any atom is 0.419 e. The van der Waals surface area contributed by atoms with Crippen molar-refractivity contribution < 1.29 is 9.21 Å². The summed E-state index contributed by atoms with van der Waals surface area (Å²) in [6, 6.07) is 18.1. The van der Waals surface area contributed by atoms with Crippen molar-refractivity contribution in [3.8, 4) is 0 Å². The first-order valence-electron chi connectivity index (χ1n) is 10.2. The summed E-state index contributed by atoms with van der Waals surface area (Å²) >= 11 is 0. The quantitative estimate of drug-likeness (QED) is 0.686. The lowest BCUT2D eigenvalue weighted by molar-refractivity contribution is -0.130. The number of benzene rings is 2. The Labute approximate surface area is 169 Å². The van der Waals surface area contributed by atoms with Gasteiger partial charge in [0.2, 0.25) is 5.91 Å². The lowest BCUT2D eigenvalue weighted by Gasteiger charge is -2.29. The molecule has 0 radical (unpaired) electrons. The van der Waals surface area contributed by atoms with Gasteiger partial charge in [0.05, 0.1) is 11.6 Å². The second-order valence-electron chi connectivity index (χ2n) is 8.20. The molecule has 0 N–H and O–H groups in total. The summed E-state index contributed by atoms with van der Waals surface area (Å²) in [5.74, 6) is 0.757. The van der Waals surface area contributed by atoms with Gasteiger partial charge in [-0.15, -0.1) is 0 Å². The average molecular weight is 391 g/mol. The molecule has 150 valence electrons. The maximum absolute atomic E-state index is 12.2. The Morgan fingerprint density at radius 1 is 1.00 bits per heavy atom. The molecular weight excluding hydrogens is 366 g/mol. The van der Waals surface area contributed by atoms with Crippen LogP contribution in [0.1, 0.15) is 18.5 Å². The molecule has 0 spiro atoms. The highest BCUT2D eigenvalue weighted by Crippen LogP contribution is 2.44. The minimum Gasteiger partial charge on any atom is -0.408 e. The highest BCUT2D eigenvalue weighted by molar-refractivity contribution is 5.74. The Bertz CT molecular complexity index is 1090. The van der Waals surface area contributed by atoms with E-state index in [1.165, 1.54) is 5.56 Å². The second kappa shape index (κ2) is 7.19. The fraction of sp³-hybridized carbons (Fsp3) is 0.391. The minimum atomic E-state index is -0.296. The predicted octanol–water partition coefficient (Wildman–Crippen LogP) is 2.75. The number of hydrogen-bond donors (Lipinski definition) is 0. The van der Waals surface area contributed by atoms with Crippen LogP contribution < -0.4 is 5.76 Å². The molecule has 2 aliphatic heterocycles. The van der Waals surface area contributed by atoms with Gasteiger partial charge in [-0.3, -0.25) is 9.36 Å². The van der Waals surface area contributed by atoms with Crippen LogP contribution in [0.25, 0.3) is 11.1 Å². The Morgan fingerprint density at radius 3 is 2.55 bits per heavy atom. The van der Waals surface area contributed by atoms with Crippen molar-refractivity contribution in [3.05, 3.63) is 70.7 Å². The van der Waals surface area contributed by atoms with Gasteiger partial charge in [0.25, 0.3) is 0 Å². The van der Waals surface area contributed by atoms with E-state index in [4.69, 9.17) is 4.42 Å². The molecule has 1 aromatic heterocycles. The number of aromatic nitrogens is 1. The summed E-state index contributed by atoms with van der Waals surface area (Å²) in [6.45, 7) is 5.80. The molecular formula is C23H25N3O3. The van der Waals surface area contributed by atoms with Crippen molar-refractivity contribution in [2.75, 3.05) is 26.2 Å². The molecule has 29 heavy (non-hydrogen) atoms. The number of likely N-dealkylation sites (tertiary alicyclic amines) is 2. The van der Waals surface area contributed by atoms with Gasteiger partial charge >= 0.3 is 5.76 Å². The molecule has 6 nitrogen and oxygen atoms in total. The SMILES string of the molecule is CC(=O)N1C[C@H]2CN(CCn3c(=O)oc4ccccc43)C[C@H]2[C@H]1c1ccccc1. The van der Waals surface area contributed by atoms with Crippen LogP contribution in [-0.4, -0.2) is 46.5 Å². The van der Waals surface area contributed by atoms with Crippen LogP contribution in [0.15, 0.2) is 63.8 Å². The van der Waals surface area contributed by atoms with E-state index in [1.54, 1.807) is 11.5 Å². The molecule has 3 aromatic rings. The first-order chi connectivity index (χ1) is 14.1. The maximum atomic E-state index is 12.2. The third kappa shape index (κ3) is 3.17. The zero-order valence-electron chi connectivity index (χ0n) is 16.5. The number of fused-ring (bicyclic) bond motifs is 2. The largest absolute Gasteiger partial charge is 0.419 e. The molecule has 2 aliphatic rings. The van der Waals surface area contributed by atoms with Crippen molar-refractivity contribution in [1.29, 1.82) is 0 Å². The Morgan fingerprint density at radius 2 is 1.76 bits per heavy atom. The Hall–Kier alpha value is -2.86. The van der Waals surface area contributed by atoms with Crippen molar-refractivity contribution in [3.63, 3.8) is 0 Å². The highest BCUT2D eigenvalue weighted by Gasteiger charge is 2.48. The number of amides is 1. The average Bonchev–Trinajstić information content (AvgIpc) is 3.36. The molecule has 3 heterocycles. The van der Waals surface area contributed by atoms with Gasteiger partial charge in [-0.05, 0) is 23.6 Å². The van der Waals surface area contributed by atoms with E-state index in [2.05, 4.69) is 17.0 Å². The monoisotopic (exact) mass is 391 g/mol. The zero-order chi connectivity index (χ0) is 20.0. The molecule has 3 atom stereocenters. The molecule has 5 rings (SSSR count). The van der Waals surface area contributed by atoms with Crippen LogP contribution in [0.2, 0.25) is 0 Å². The summed E-state index contributed by atoms with van der Waals surface area (Å²) < 4.78 is 7.07. The number of oxazole rings is 1. The first-order valence-corrected chi connectivity index (χ1v) is 10.2. The molecule has 0 bridgehead atoms. The number of nitrogens with zero attached hydrogens (tertiary/aromatic N) is 3. The summed E-state index contributed by atoms with van der Waals surface area (Å²) in [6.07, 6.45) is 0. The number of rotatable bonds is 4. The number of carbonyl (C=O) groups is 1. The van der Waals surface area contributed by atoms with Gasteiger partial charge in [-0.2, -0.15) is 0 Å². The van der Waals surface area contributed by atoms with Crippen LogP contribution in [0.3, 0.4) is 0 Å². The third-order valence-electron chi connectivity index (χ3n) is 6.50. The lowest BCUT2D eigenvalue weighted by atomic mass is 9.89. The van der Waals surface area contributed by atoms with Crippen molar-refractivity contribution in [2.45, 2.75) is 19.5 Å². The van der Waals surface area contributed by atoms with Gasteiger partial charge in [-0.25, -0.2) is 4.79 Å². The summed E-state index contributed by atoms with van der Waals surface area (Å²) in [5.41, 5.74) is 2.70. The fourth-order valence-corrected chi connectivity index (χ4v) is 5.19. The van der Waals surface area contributed by atoms with E-state index in [-0.39, 0.29) is 17.7 Å². The molecule has 1 amide bonds. The van der Waals surface area contributed by atoms with Crippen LogP contribution >= 0.6 is 0 Å². The molecule has 0 unspecified atom stereocenters. The molecule has 0 aliphatic carbocycles. The Kier molecular flexibility index (Phi) is 4.51.